The minimum absolute atomic E-state index is 0.0361. The van der Waals surface area contributed by atoms with Crippen molar-refractivity contribution in [2.45, 2.75) is 51.6 Å². The van der Waals surface area contributed by atoms with Crippen molar-refractivity contribution in [3.05, 3.63) is 34.6 Å². The number of hydrogen-bond acceptors (Lipinski definition) is 2. The molecule has 0 spiro atoms. The highest BCUT2D eigenvalue weighted by Gasteiger charge is 2.43. The lowest BCUT2D eigenvalue weighted by Gasteiger charge is -2.41. The lowest BCUT2D eigenvalue weighted by molar-refractivity contribution is -0.147. The van der Waals surface area contributed by atoms with Gasteiger partial charge in [0.25, 0.3) is 0 Å². The molecule has 1 aliphatic rings. The minimum atomic E-state index is -0.715. The predicted octanol–water partition coefficient (Wildman–Crippen LogP) is 4.58. The van der Waals surface area contributed by atoms with Gasteiger partial charge in [0.1, 0.15) is 11.4 Å². The molecule has 0 radical (unpaired) electrons. The van der Waals surface area contributed by atoms with E-state index in [4.69, 9.17) is 16.3 Å². The summed E-state index contributed by atoms with van der Waals surface area (Å²) in [4.78, 5) is 12.7. The molecule has 0 heterocycles. The molecule has 4 heteroatoms. The predicted molar refractivity (Wildman–Crippen MR) is 82.1 cm³/mol. The number of ketones is 1. The smallest absolute Gasteiger partial charge is 0.169 e. The second-order valence-corrected chi connectivity index (χ2v) is 7.11. The summed E-state index contributed by atoms with van der Waals surface area (Å²) in [6, 6.07) is 4.15. The van der Waals surface area contributed by atoms with E-state index < -0.39 is 11.4 Å². The van der Waals surface area contributed by atoms with Crippen molar-refractivity contribution >= 4 is 17.4 Å². The topological polar surface area (TPSA) is 26.3 Å². The van der Waals surface area contributed by atoms with Crippen molar-refractivity contribution in [2.24, 2.45) is 5.41 Å². The maximum absolute atomic E-state index is 13.1. The van der Waals surface area contributed by atoms with Crippen LogP contribution in [0.5, 0.6) is 0 Å². The van der Waals surface area contributed by atoms with Gasteiger partial charge in [-0.25, -0.2) is 4.39 Å². The molecule has 0 aliphatic heterocycles. The summed E-state index contributed by atoms with van der Waals surface area (Å²) >= 11 is 6.01. The van der Waals surface area contributed by atoms with Crippen LogP contribution >= 0.6 is 11.6 Å². The summed E-state index contributed by atoms with van der Waals surface area (Å²) in [7, 11) is 1.60. The Kier molecular flexibility index (Phi) is 4.74. The van der Waals surface area contributed by atoms with Crippen LogP contribution in [0.3, 0.4) is 0 Å². The third-order valence-corrected chi connectivity index (χ3v) is 5.03. The van der Waals surface area contributed by atoms with Crippen LogP contribution in [0.15, 0.2) is 18.2 Å². The molecular formula is C17H22ClFO2. The standard InChI is InChI=1S/C17H22ClFO2/c1-16(2)6-8-17(21-3,9-7-16)15(20)10-12-4-5-13(19)11-14(12)18/h4-5,11H,6-10H2,1-3H3. The summed E-state index contributed by atoms with van der Waals surface area (Å²) in [5, 5.41) is 0.297. The van der Waals surface area contributed by atoms with Crippen LogP contribution in [0.1, 0.15) is 45.1 Å². The Morgan fingerprint density at radius 2 is 1.90 bits per heavy atom. The molecule has 0 atom stereocenters. The van der Waals surface area contributed by atoms with Crippen LogP contribution < -0.4 is 0 Å². The number of hydrogen-bond donors (Lipinski definition) is 0. The van der Waals surface area contributed by atoms with Crippen LogP contribution in [0.25, 0.3) is 0 Å². The zero-order chi connectivity index (χ0) is 15.7. The Balaban J connectivity index is 2.14. The van der Waals surface area contributed by atoms with E-state index >= 15 is 0 Å². The van der Waals surface area contributed by atoms with Crippen LogP contribution in [-0.2, 0) is 16.0 Å². The monoisotopic (exact) mass is 312 g/mol. The van der Waals surface area contributed by atoms with Crippen LogP contribution in [0.2, 0.25) is 5.02 Å². The average molecular weight is 313 g/mol. The first-order valence-electron chi connectivity index (χ1n) is 7.30. The highest BCUT2D eigenvalue weighted by Crippen LogP contribution is 2.42. The fraction of sp³-hybridized carbons (Fsp3) is 0.588. The summed E-state index contributed by atoms with van der Waals surface area (Å²) in [6.45, 7) is 4.43. The molecular weight excluding hydrogens is 291 g/mol. The van der Waals surface area contributed by atoms with E-state index in [0.29, 0.717) is 10.6 Å². The molecule has 1 fully saturated rings. The van der Waals surface area contributed by atoms with Gasteiger partial charge in [-0.05, 0) is 48.8 Å². The van der Waals surface area contributed by atoms with Gasteiger partial charge in [-0.3, -0.25) is 4.79 Å². The highest BCUT2D eigenvalue weighted by molar-refractivity contribution is 6.31. The second kappa shape index (κ2) is 6.05. The lowest BCUT2D eigenvalue weighted by Crippen LogP contribution is -2.46. The third kappa shape index (κ3) is 3.64. The van der Waals surface area contributed by atoms with Crippen molar-refractivity contribution in [1.29, 1.82) is 0 Å². The van der Waals surface area contributed by atoms with E-state index in [-0.39, 0.29) is 17.6 Å². The van der Waals surface area contributed by atoms with Crippen molar-refractivity contribution in [3.8, 4) is 0 Å². The molecule has 116 valence electrons. The zero-order valence-corrected chi connectivity index (χ0v) is 13.6. The molecule has 1 aromatic rings. The fourth-order valence-corrected chi connectivity index (χ4v) is 3.16. The first-order chi connectivity index (χ1) is 9.78. The van der Waals surface area contributed by atoms with E-state index in [9.17, 15) is 9.18 Å². The van der Waals surface area contributed by atoms with Crippen LogP contribution in [0, 0.1) is 11.2 Å². The number of methoxy groups -OCH3 is 1. The number of ether oxygens (including phenoxy) is 1. The second-order valence-electron chi connectivity index (χ2n) is 6.70. The first-order valence-corrected chi connectivity index (χ1v) is 7.68. The van der Waals surface area contributed by atoms with Gasteiger partial charge in [0.15, 0.2) is 5.78 Å². The van der Waals surface area contributed by atoms with Crippen LogP contribution in [-0.4, -0.2) is 18.5 Å². The number of Topliss-reactive ketones (excluding diaryl/α,β-unsaturated/α-hetero) is 1. The van der Waals surface area contributed by atoms with Gasteiger partial charge in [-0.1, -0.05) is 31.5 Å². The first kappa shape index (κ1) is 16.4. The SMILES string of the molecule is COC1(C(=O)Cc2ccc(F)cc2Cl)CCC(C)(C)CC1. The largest absolute Gasteiger partial charge is 0.370 e. The number of carbonyl (C=O) groups excluding carboxylic acids is 1. The van der Waals surface area contributed by atoms with E-state index in [1.54, 1.807) is 13.2 Å². The Labute approximate surface area is 130 Å². The molecule has 0 N–H and O–H groups in total. The maximum atomic E-state index is 13.1. The summed E-state index contributed by atoms with van der Waals surface area (Å²) in [6.07, 6.45) is 3.57. The molecule has 1 aromatic carbocycles. The number of benzene rings is 1. The number of rotatable bonds is 4. The average Bonchev–Trinajstić information content (AvgIpc) is 2.42. The quantitative estimate of drug-likeness (QED) is 0.813. The summed E-state index contributed by atoms with van der Waals surface area (Å²) in [5.41, 5.74) is 0.201. The maximum Gasteiger partial charge on any atom is 0.169 e. The van der Waals surface area contributed by atoms with Crippen molar-refractivity contribution in [2.75, 3.05) is 7.11 Å². The highest BCUT2D eigenvalue weighted by atomic mass is 35.5. The minimum Gasteiger partial charge on any atom is -0.370 e. The van der Waals surface area contributed by atoms with Gasteiger partial charge in [0.2, 0.25) is 0 Å². The van der Waals surface area contributed by atoms with Crippen molar-refractivity contribution in [3.63, 3.8) is 0 Å². The Morgan fingerprint density at radius 3 is 2.43 bits per heavy atom. The van der Waals surface area contributed by atoms with Gasteiger partial charge >= 0.3 is 0 Å². The number of carbonyl (C=O) groups is 1. The molecule has 2 rings (SSSR count). The molecule has 2 nitrogen and oxygen atoms in total. The van der Waals surface area contributed by atoms with Gasteiger partial charge < -0.3 is 4.74 Å². The van der Waals surface area contributed by atoms with Gasteiger partial charge in [-0.15, -0.1) is 0 Å². The molecule has 0 bridgehead atoms. The Hall–Kier alpha value is -0.930. The van der Waals surface area contributed by atoms with E-state index in [2.05, 4.69) is 13.8 Å². The Bertz CT molecular complexity index is 530. The van der Waals surface area contributed by atoms with Gasteiger partial charge in [0, 0.05) is 18.6 Å². The van der Waals surface area contributed by atoms with E-state index in [0.717, 1.165) is 25.7 Å². The summed E-state index contributed by atoms with van der Waals surface area (Å²) in [5.74, 6) is -0.355. The Morgan fingerprint density at radius 1 is 1.29 bits per heavy atom. The van der Waals surface area contributed by atoms with Gasteiger partial charge in [0.05, 0.1) is 0 Å². The van der Waals surface area contributed by atoms with Crippen LogP contribution in [0.4, 0.5) is 4.39 Å². The van der Waals surface area contributed by atoms with Crippen molar-refractivity contribution in [1.82, 2.24) is 0 Å². The molecule has 0 aromatic heterocycles. The summed E-state index contributed by atoms with van der Waals surface area (Å²) < 4.78 is 18.7. The van der Waals surface area contributed by atoms with E-state index in [1.807, 2.05) is 0 Å². The molecule has 0 saturated heterocycles. The molecule has 21 heavy (non-hydrogen) atoms. The molecule has 0 unspecified atom stereocenters. The molecule has 0 amide bonds. The fourth-order valence-electron chi connectivity index (χ4n) is 2.93. The molecule has 1 aliphatic carbocycles. The van der Waals surface area contributed by atoms with Gasteiger partial charge in [-0.2, -0.15) is 0 Å². The van der Waals surface area contributed by atoms with E-state index in [1.165, 1.54) is 12.1 Å². The third-order valence-electron chi connectivity index (χ3n) is 4.68. The lowest BCUT2D eigenvalue weighted by atomic mass is 9.69. The number of halogens is 2. The van der Waals surface area contributed by atoms with Crippen molar-refractivity contribution < 1.29 is 13.9 Å². The normalized spacial score (nSPS) is 20.2. The molecule has 1 saturated carbocycles. The zero-order valence-electron chi connectivity index (χ0n) is 12.8.